The molecule has 140 valence electrons. The summed E-state index contributed by atoms with van der Waals surface area (Å²) in [4.78, 5) is 4.15. The van der Waals surface area contributed by atoms with E-state index in [2.05, 4.69) is 32.5 Å². The second-order valence-corrected chi connectivity index (χ2v) is 5.64. The third kappa shape index (κ3) is 7.46. The highest BCUT2D eigenvalue weighted by Gasteiger charge is 2.28. The lowest BCUT2D eigenvalue weighted by atomic mass is 10.1. The minimum Gasteiger partial charge on any atom is -0.484 e. The molecule has 0 aliphatic rings. The minimum absolute atomic E-state index is 0.191. The van der Waals surface area contributed by atoms with E-state index in [-0.39, 0.29) is 5.75 Å². The molecule has 0 atom stereocenters. The average molecular weight is 365 g/mol. The van der Waals surface area contributed by atoms with Crippen LogP contribution in [0.2, 0.25) is 0 Å². The van der Waals surface area contributed by atoms with Crippen molar-refractivity contribution >= 4 is 5.96 Å². The Hall–Kier alpha value is -2.70. The van der Waals surface area contributed by atoms with Crippen molar-refractivity contribution in [2.45, 2.75) is 19.1 Å². The molecule has 0 heterocycles. The van der Waals surface area contributed by atoms with Gasteiger partial charge in [0.15, 0.2) is 12.6 Å². The fourth-order valence-corrected chi connectivity index (χ4v) is 2.25. The normalized spacial score (nSPS) is 11.9. The zero-order valence-electron chi connectivity index (χ0n) is 14.5. The van der Waals surface area contributed by atoms with Gasteiger partial charge in [-0.2, -0.15) is 13.2 Å². The summed E-state index contributed by atoms with van der Waals surface area (Å²) >= 11 is 0. The molecule has 2 aromatic rings. The number of alkyl halides is 3. The van der Waals surface area contributed by atoms with E-state index in [1.54, 1.807) is 19.2 Å². The molecule has 0 fully saturated rings. The zero-order chi connectivity index (χ0) is 18.8. The summed E-state index contributed by atoms with van der Waals surface area (Å²) in [5, 5.41) is 6.39. The van der Waals surface area contributed by atoms with Crippen LogP contribution in [0.4, 0.5) is 13.2 Å². The van der Waals surface area contributed by atoms with Gasteiger partial charge in [-0.1, -0.05) is 42.5 Å². The topological polar surface area (TPSA) is 45.7 Å². The Labute approximate surface area is 151 Å². The van der Waals surface area contributed by atoms with E-state index in [0.717, 1.165) is 18.5 Å². The smallest absolute Gasteiger partial charge is 0.422 e. The third-order valence-corrected chi connectivity index (χ3v) is 3.56. The first-order chi connectivity index (χ1) is 12.5. The number of ether oxygens (including phenoxy) is 1. The number of rotatable bonds is 7. The molecule has 0 bridgehead atoms. The molecule has 0 aliphatic carbocycles. The van der Waals surface area contributed by atoms with E-state index in [1.165, 1.54) is 17.7 Å². The van der Waals surface area contributed by atoms with Crippen LogP contribution < -0.4 is 15.4 Å². The number of hydrogen-bond acceptors (Lipinski definition) is 2. The summed E-state index contributed by atoms with van der Waals surface area (Å²) in [7, 11) is 1.69. The number of guanidine groups is 1. The van der Waals surface area contributed by atoms with Gasteiger partial charge in [-0.15, -0.1) is 0 Å². The molecule has 2 N–H and O–H groups in total. The molecular weight excluding hydrogens is 343 g/mol. The Morgan fingerprint density at radius 2 is 1.65 bits per heavy atom. The quantitative estimate of drug-likeness (QED) is 0.583. The molecular formula is C19H22F3N3O. The zero-order valence-corrected chi connectivity index (χ0v) is 14.5. The van der Waals surface area contributed by atoms with Gasteiger partial charge in [-0.3, -0.25) is 4.99 Å². The van der Waals surface area contributed by atoms with Crippen molar-refractivity contribution in [2.75, 3.05) is 20.2 Å². The third-order valence-electron chi connectivity index (χ3n) is 3.56. The van der Waals surface area contributed by atoms with Crippen LogP contribution in [-0.4, -0.2) is 32.3 Å². The first-order valence-electron chi connectivity index (χ1n) is 8.23. The molecule has 0 unspecified atom stereocenters. The molecule has 2 rings (SSSR count). The lowest BCUT2D eigenvalue weighted by molar-refractivity contribution is -0.153. The number of nitrogens with one attached hydrogen (secondary N) is 2. The van der Waals surface area contributed by atoms with Gasteiger partial charge in [0, 0.05) is 20.1 Å². The lowest BCUT2D eigenvalue weighted by Crippen LogP contribution is -2.37. The number of halogens is 3. The summed E-state index contributed by atoms with van der Waals surface area (Å²) in [6, 6.07) is 16.6. The predicted molar refractivity (Wildman–Crippen MR) is 96.3 cm³/mol. The first kappa shape index (κ1) is 19.6. The molecule has 0 saturated heterocycles. The first-order valence-corrected chi connectivity index (χ1v) is 8.23. The van der Waals surface area contributed by atoms with Gasteiger partial charge in [0.05, 0.1) is 0 Å². The van der Waals surface area contributed by atoms with E-state index < -0.39 is 12.8 Å². The molecule has 0 aromatic heterocycles. The Balaban J connectivity index is 1.73. The van der Waals surface area contributed by atoms with Gasteiger partial charge >= 0.3 is 6.18 Å². The lowest BCUT2D eigenvalue weighted by Gasteiger charge is -2.13. The van der Waals surface area contributed by atoms with Crippen LogP contribution in [0.15, 0.2) is 59.6 Å². The predicted octanol–water partition coefficient (Wildman–Crippen LogP) is 3.54. The van der Waals surface area contributed by atoms with Crippen molar-refractivity contribution in [3.8, 4) is 5.75 Å². The Morgan fingerprint density at radius 1 is 0.962 bits per heavy atom. The second-order valence-electron chi connectivity index (χ2n) is 5.64. The van der Waals surface area contributed by atoms with E-state index in [0.29, 0.717) is 12.5 Å². The van der Waals surface area contributed by atoms with Gasteiger partial charge in [0.1, 0.15) is 5.75 Å². The molecule has 0 radical (unpaired) electrons. The maximum absolute atomic E-state index is 12.1. The Bertz CT molecular complexity index is 685. The SMILES string of the molecule is CN=C(NCCc1ccccc1)NCc1ccc(OCC(F)(F)F)cc1. The van der Waals surface area contributed by atoms with Crippen LogP contribution in [0.3, 0.4) is 0 Å². The highest BCUT2D eigenvalue weighted by molar-refractivity contribution is 5.79. The van der Waals surface area contributed by atoms with Crippen molar-refractivity contribution in [1.29, 1.82) is 0 Å². The molecule has 0 saturated carbocycles. The number of nitrogens with zero attached hydrogens (tertiary/aromatic N) is 1. The molecule has 7 heteroatoms. The van der Waals surface area contributed by atoms with Crippen LogP contribution >= 0.6 is 0 Å². The maximum atomic E-state index is 12.1. The van der Waals surface area contributed by atoms with E-state index in [4.69, 9.17) is 0 Å². The standard InChI is InChI=1S/C19H22F3N3O/c1-23-18(24-12-11-15-5-3-2-4-6-15)25-13-16-7-9-17(10-8-16)26-14-19(20,21)22/h2-10H,11-14H2,1H3,(H2,23,24,25). The van der Waals surface area contributed by atoms with Crippen molar-refractivity contribution in [2.24, 2.45) is 4.99 Å². The molecule has 2 aromatic carbocycles. The molecule has 4 nitrogen and oxygen atoms in total. The summed E-state index contributed by atoms with van der Waals surface area (Å²) in [5.41, 5.74) is 2.15. The Kier molecular flexibility index (Phi) is 7.32. The second kappa shape index (κ2) is 9.70. The molecule has 0 aliphatic heterocycles. The summed E-state index contributed by atoms with van der Waals surface area (Å²) in [5.74, 6) is 0.856. The van der Waals surface area contributed by atoms with E-state index in [9.17, 15) is 13.2 Å². The van der Waals surface area contributed by atoms with E-state index >= 15 is 0 Å². The van der Waals surface area contributed by atoms with Crippen LogP contribution in [-0.2, 0) is 13.0 Å². The van der Waals surface area contributed by atoms with Crippen molar-refractivity contribution in [3.05, 3.63) is 65.7 Å². The fraction of sp³-hybridized carbons (Fsp3) is 0.316. The highest BCUT2D eigenvalue weighted by atomic mass is 19.4. The summed E-state index contributed by atoms with van der Waals surface area (Å²) < 4.78 is 41.1. The van der Waals surface area contributed by atoms with Crippen molar-refractivity contribution in [1.82, 2.24) is 10.6 Å². The van der Waals surface area contributed by atoms with Gasteiger partial charge in [-0.05, 0) is 29.7 Å². The van der Waals surface area contributed by atoms with Crippen LogP contribution in [0.25, 0.3) is 0 Å². The Morgan fingerprint density at radius 3 is 2.27 bits per heavy atom. The van der Waals surface area contributed by atoms with E-state index in [1.807, 2.05) is 18.2 Å². The van der Waals surface area contributed by atoms with Crippen LogP contribution in [0.5, 0.6) is 5.75 Å². The molecule has 0 spiro atoms. The molecule has 26 heavy (non-hydrogen) atoms. The van der Waals surface area contributed by atoms with Crippen LogP contribution in [0, 0.1) is 0 Å². The summed E-state index contributed by atoms with van der Waals surface area (Å²) in [6.07, 6.45) is -3.45. The number of aliphatic imine (C=N–C) groups is 1. The van der Waals surface area contributed by atoms with Gasteiger partial charge in [0.2, 0.25) is 0 Å². The highest BCUT2D eigenvalue weighted by Crippen LogP contribution is 2.18. The van der Waals surface area contributed by atoms with Gasteiger partial charge < -0.3 is 15.4 Å². The minimum atomic E-state index is -4.34. The van der Waals surface area contributed by atoms with Gasteiger partial charge in [-0.25, -0.2) is 0 Å². The van der Waals surface area contributed by atoms with Crippen molar-refractivity contribution < 1.29 is 17.9 Å². The van der Waals surface area contributed by atoms with Crippen LogP contribution in [0.1, 0.15) is 11.1 Å². The number of hydrogen-bond donors (Lipinski definition) is 2. The average Bonchev–Trinajstić information content (AvgIpc) is 2.64. The molecule has 0 amide bonds. The van der Waals surface area contributed by atoms with Gasteiger partial charge in [0.25, 0.3) is 0 Å². The fourth-order valence-electron chi connectivity index (χ4n) is 2.25. The largest absolute Gasteiger partial charge is 0.484 e. The monoisotopic (exact) mass is 365 g/mol. The summed E-state index contributed by atoms with van der Waals surface area (Å²) in [6.45, 7) is -0.0406. The maximum Gasteiger partial charge on any atom is 0.422 e. The van der Waals surface area contributed by atoms with Crippen molar-refractivity contribution in [3.63, 3.8) is 0 Å². The number of benzene rings is 2.